The Balaban J connectivity index is 1.42. The molecule has 0 saturated carbocycles. The number of sulfonamides is 1. The van der Waals surface area contributed by atoms with Crippen molar-refractivity contribution in [1.29, 1.82) is 0 Å². The average molecular weight is 400 g/mol. The van der Waals surface area contributed by atoms with Gasteiger partial charge in [-0.15, -0.1) is 0 Å². The van der Waals surface area contributed by atoms with Crippen molar-refractivity contribution in [2.24, 2.45) is 5.92 Å². The number of nitrogens with one attached hydrogen (secondary N) is 1. The normalized spacial score (nSPS) is 21.2. The Hall–Kier alpha value is -2.22. The molecule has 0 unspecified atom stereocenters. The van der Waals surface area contributed by atoms with Crippen molar-refractivity contribution in [1.82, 2.24) is 9.62 Å². The van der Waals surface area contributed by atoms with E-state index in [4.69, 9.17) is 0 Å². The van der Waals surface area contributed by atoms with Crippen LogP contribution in [0, 0.1) is 5.92 Å². The number of carbonyl (C=O) groups is 1. The first kappa shape index (κ1) is 19.1. The van der Waals surface area contributed by atoms with Crippen molar-refractivity contribution in [3.8, 4) is 0 Å². The van der Waals surface area contributed by atoms with E-state index in [2.05, 4.69) is 5.32 Å². The van der Waals surface area contributed by atoms with Crippen LogP contribution in [-0.2, 0) is 21.2 Å². The van der Waals surface area contributed by atoms with Gasteiger partial charge in [0, 0.05) is 44.8 Å². The highest BCUT2D eigenvalue weighted by molar-refractivity contribution is 7.89. The molecule has 2 aliphatic heterocycles. The van der Waals surface area contributed by atoms with Crippen LogP contribution in [0.15, 0.2) is 59.5 Å². The number of rotatable bonds is 5. The van der Waals surface area contributed by atoms with Gasteiger partial charge in [0.05, 0.1) is 4.90 Å². The van der Waals surface area contributed by atoms with Crippen LogP contribution in [0.3, 0.4) is 0 Å². The van der Waals surface area contributed by atoms with Crippen molar-refractivity contribution in [2.75, 3.05) is 37.6 Å². The van der Waals surface area contributed by atoms with Crippen molar-refractivity contribution in [2.45, 2.75) is 17.7 Å². The number of hydrogen-bond donors (Lipinski definition) is 1. The molecule has 2 aromatic rings. The third kappa shape index (κ3) is 3.97. The van der Waals surface area contributed by atoms with Gasteiger partial charge in [-0.3, -0.25) is 4.79 Å². The maximum Gasteiger partial charge on any atom is 0.243 e. The topological polar surface area (TPSA) is 69.7 Å². The summed E-state index contributed by atoms with van der Waals surface area (Å²) in [6, 6.07) is 16.9. The molecule has 2 heterocycles. The minimum atomic E-state index is -3.43. The van der Waals surface area contributed by atoms with Crippen LogP contribution in [0.5, 0.6) is 0 Å². The molecule has 2 aromatic carbocycles. The third-order valence-corrected chi connectivity index (χ3v) is 7.35. The number of anilines is 1. The number of hydrogen-bond acceptors (Lipinski definition) is 4. The molecular weight excluding hydrogens is 374 g/mol. The summed E-state index contributed by atoms with van der Waals surface area (Å²) in [5, 5.41) is 3.17. The molecular formula is C21H25N3O3S. The minimum absolute atomic E-state index is 0.147. The van der Waals surface area contributed by atoms with Gasteiger partial charge in [-0.05, 0) is 42.2 Å². The molecule has 0 radical (unpaired) electrons. The summed E-state index contributed by atoms with van der Waals surface area (Å²) in [5.74, 6) is 0.387. The molecule has 0 spiro atoms. The van der Waals surface area contributed by atoms with Crippen LogP contribution >= 0.6 is 0 Å². The molecule has 7 heteroatoms. The standard InChI is InChI=1S/C21H25N3O3S/c25-21-15-18(16-24(21)19-4-2-1-3-5-19)14-17-6-8-20(9-7-17)28(26,27)23-12-10-22-11-13-23/h1-9,18,22H,10-16H2/t18-/m1/s1. The smallest absolute Gasteiger partial charge is 0.243 e. The second-order valence-electron chi connectivity index (χ2n) is 7.41. The first-order valence-corrected chi connectivity index (χ1v) is 11.1. The second kappa shape index (κ2) is 8.03. The lowest BCUT2D eigenvalue weighted by atomic mass is 9.99. The van der Waals surface area contributed by atoms with E-state index in [0.717, 1.165) is 17.7 Å². The Kier molecular flexibility index (Phi) is 5.48. The third-order valence-electron chi connectivity index (χ3n) is 5.43. The predicted molar refractivity (Wildman–Crippen MR) is 109 cm³/mol. The van der Waals surface area contributed by atoms with E-state index < -0.39 is 10.0 Å². The molecule has 0 aliphatic carbocycles. The first-order chi connectivity index (χ1) is 13.5. The summed E-state index contributed by atoms with van der Waals surface area (Å²) in [6.07, 6.45) is 1.29. The first-order valence-electron chi connectivity index (χ1n) is 9.69. The Morgan fingerprint density at radius 1 is 0.964 bits per heavy atom. The van der Waals surface area contributed by atoms with Crippen molar-refractivity contribution >= 4 is 21.6 Å². The van der Waals surface area contributed by atoms with Gasteiger partial charge in [0.2, 0.25) is 15.9 Å². The lowest BCUT2D eigenvalue weighted by Crippen LogP contribution is -2.46. The number of para-hydroxylation sites is 1. The van der Waals surface area contributed by atoms with Gasteiger partial charge >= 0.3 is 0 Å². The average Bonchev–Trinajstić information content (AvgIpc) is 3.10. The zero-order valence-electron chi connectivity index (χ0n) is 15.8. The van der Waals surface area contributed by atoms with Gasteiger partial charge in [-0.1, -0.05) is 30.3 Å². The van der Waals surface area contributed by atoms with E-state index in [-0.39, 0.29) is 11.8 Å². The van der Waals surface area contributed by atoms with E-state index in [9.17, 15) is 13.2 Å². The molecule has 1 N–H and O–H groups in total. The van der Waals surface area contributed by atoms with E-state index in [0.29, 0.717) is 44.0 Å². The van der Waals surface area contributed by atoms with Crippen molar-refractivity contribution in [3.05, 3.63) is 60.2 Å². The predicted octanol–water partition coefficient (Wildman–Crippen LogP) is 1.88. The summed E-state index contributed by atoms with van der Waals surface area (Å²) >= 11 is 0. The molecule has 2 saturated heterocycles. The number of piperazine rings is 1. The maximum absolute atomic E-state index is 12.7. The molecule has 148 valence electrons. The number of amides is 1. The fraction of sp³-hybridized carbons (Fsp3) is 0.381. The Morgan fingerprint density at radius 2 is 1.64 bits per heavy atom. The molecule has 1 atom stereocenters. The molecule has 0 bridgehead atoms. The van der Waals surface area contributed by atoms with Gasteiger partial charge in [-0.25, -0.2) is 8.42 Å². The number of nitrogens with zero attached hydrogens (tertiary/aromatic N) is 2. The highest BCUT2D eigenvalue weighted by Crippen LogP contribution is 2.27. The fourth-order valence-electron chi connectivity index (χ4n) is 3.94. The Bertz CT molecular complexity index is 923. The number of benzene rings is 2. The van der Waals surface area contributed by atoms with E-state index in [1.54, 1.807) is 12.1 Å². The van der Waals surface area contributed by atoms with Gasteiger partial charge in [-0.2, -0.15) is 4.31 Å². The van der Waals surface area contributed by atoms with Crippen LogP contribution in [0.1, 0.15) is 12.0 Å². The van der Waals surface area contributed by atoms with Crippen LogP contribution in [0.2, 0.25) is 0 Å². The van der Waals surface area contributed by atoms with Crippen molar-refractivity contribution in [3.63, 3.8) is 0 Å². The van der Waals surface area contributed by atoms with E-state index in [1.165, 1.54) is 4.31 Å². The fourth-order valence-corrected chi connectivity index (χ4v) is 5.38. The molecule has 28 heavy (non-hydrogen) atoms. The molecule has 0 aromatic heterocycles. The minimum Gasteiger partial charge on any atom is -0.314 e. The molecule has 2 fully saturated rings. The summed E-state index contributed by atoms with van der Waals surface area (Å²) in [6.45, 7) is 3.08. The van der Waals surface area contributed by atoms with E-state index in [1.807, 2.05) is 47.4 Å². The zero-order chi connectivity index (χ0) is 19.6. The maximum atomic E-state index is 12.7. The highest BCUT2D eigenvalue weighted by atomic mass is 32.2. The van der Waals surface area contributed by atoms with Crippen LogP contribution in [-0.4, -0.2) is 51.4 Å². The van der Waals surface area contributed by atoms with E-state index >= 15 is 0 Å². The Morgan fingerprint density at radius 3 is 2.32 bits per heavy atom. The Labute approximate surface area is 166 Å². The van der Waals surface area contributed by atoms with Crippen molar-refractivity contribution < 1.29 is 13.2 Å². The second-order valence-corrected chi connectivity index (χ2v) is 9.35. The molecule has 1 amide bonds. The summed E-state index contributed by atoms with van der Waals surface area (Å²) in [5.41, 5.74) is 2.00. The van der Waals surface area contributed by atoms with Crippen LogP contribution in [0.4, 0.5) is 5.69 Å². The van der Waals surface area contributed by atoms with Gasteiger partial charge in [0.15, 0.2) is 0 Å². The lowest BCUT2D eigenvalue weighted by molar-refractivity contribution is -0.117. The quantitative estimate of drug-likeness (QED) is 0.834. The summed E-state index contributed by atoms with van der Waals surface area (Å²) < 4.78 is 27.0. The molecule has 4 rings (SSSR count). The zero-order valence-corrected chi connectivity index (χ0v) is 16.6. The molecule has 2 aliphatic rings. The summed E-state index contributed by atoms with van der Waals surface area (Å²) in [4.78, 5) is 14.6. The summed E-state index contributed by atoms with van der Waals surface area (Å²) in [7, 11) is -3.43. The van der Waals surface area contributed by atoms with Crippen LogP contribution < -0.4 is 10.2 Å². The SMILES string of the molecule is O=C1C[C@@H](Cc2ccc(S(=O)(=O)N3CCNCC3)cc2)CN1c1ccccc1. The number of carbonyl (C=O) groups excluding carboxylic acids is 1. The van der Waals surface area contributed by atoms with Gasteiger partial charge in [0.25, 0.3) is 0 Å². The van der Waals surface area contributed by atoms with Crippen LogP contribution in [0.25, 0.3) is 0 Å². The largest absolute Gasteiger partial charge is 0.314 e. The van der Waals surface area contributed by atoms with Gasteiger partial charge < -0.3 is 10.2 Å². The molecule has 6 nitrogen and oxygen atoms in total. The van der Waals surface area contributed by atoms with Gasteiger partial charge in [0.1, 0.15) is 0 Å². The lowest BCUT2D eigenvalue weighted by Gasteiger charge is -2.26. The highest BCUT2D eigenvalue weighted by Gasteiger charge is 2.31. The monoisotopic (exact) mass is 399 g/mol.